The monoisotopic (exact) mass is 516 g/mol. The van der Waals surface area contributed by atoms with E-state index < -0.39 is 11.7 Å². The van der Waals surface area contributed by atoms with Gasteiger partial charge in [-0.2, -0.15) is 0 Å². The lowest BCUT2D eigenvalue weighted by Gasteiger charge is -2.29. The number of benzene rings is 3. The zero-order valence-corrected chi connectivity index (χ0v) is 21.4. The van der Waals surface area contributed by atoms with Crippen LogP contribution in [0.25, 0.3) is 0 Å². The molecule has 0 unspecified atom stereocenters. The van der Waals surface area contributed by atoms with Gasteiger partial charge in [0.1, 0.15) is 5.82 Å². The molecule has 3 aromatic rings. The number of carbonyl (C=O) groups is 2. The average Bonchev–Trinajstić information content (AvgIpc) is 3.13. The van der Waals surface area contributed by atoms with Crippen LogP contribution in [0.15, 0.2) is 72.8 Å². The first-order valence-corrected chi connectivity index (χ1v) is 13.2. The maximum atomic E-state index is 13.9. The van der Waals surface area contributed by atoms with Crippen molar-refractivity contribution < 1.29 is 18.7 Å². The third-order valence-corrected chi connectivity index (χ3v) is 7.08. The van der Waals surface area contributed by atoms with Crippen LogP contribution in [0.5, 0.6) is 0 Å². The van der Waals surface area contributed by atoms with Crippen LogP contribution in [0.3, 0.4) is 0 Å². The summed E-state index contributed by atoms with van der Waals surface area (Å²) in [6, 6.07) is 20.7. The number of rotatable bonds is 7. The summed E-state index contributed by atoms with van der Waals surface area (Å²) in [7, 11) is 0. The van der Waals surface area contributed by atoms with Crippen molar-refractivity contribution in [2.24, 2.45) is 0 Å². The molecule has 8 heteroatoms. The average molecular weight is 517 g/mol. The van der Waals surface area contributed by atoms with Crippen LogP contribution in [0, 0.1) is 5.82 Å². The molecular weight excluding hydrogens is 483 g/mol. The fourth-order valence-electron chi connectivity index (χ4n) is 5.07. The van der Waals surface area contributed by atoms with Crippen molar-refractivity contribution >= 4 is 28.9 Å². The van der Waals surface area contributed by atoms with Crippen LogP contribution < -0.4 is 15.1 Å². The summed E-state index contributed by atoms with van der Waals surface area (Å²) < 4.78 is 19.4. The summed E-state index contributed by atoms with van der Waals surface area (Å²) in [4.78, 5) is 32.7. The molecule has 0 atom stereocenters. The van der Waals surface area contributed by atoms with Crippen LogP contribution in [0.4, 0.5) is 21.5 Å². The summed E-state index contributed by atoms with van der Waals surface area (Å²) in [6.07, 6.45) is 1.93. The number of amides is 2. The Morgan fingerprint density at radius 1 is 0.816 bits per heavy atom. The van der Waals surface area contributed by atoms with E-state index in [2.05, 4.69) is 21.2 Å². The molecular formula is C30H33FN4O3. The molecule has 198 valence electrons. The normalized spacial score (nSPS) is 16.0. The van der Waals surface area contributed by atoms with Gasteiger partial charge in [0.25, 0.3) is 11.8 Å². The Bertz CT molecular complexity index is 1260. The van der Waals surface area contributed by atoms with Gasteiger partial charge in [-0.25, -0.2) is 4.39 Å². The van der Waals surface area contributed by atoms with E-state index in [1.54, 1.807) is 30.3 Å². The summed E-state index contributed by atoms with van der Waals surface area (Å²) in [6.45, 7) is 7.10. The quantitative estimate of drug-likeness (QED) is 0.495. The van der Waals surface area contributed by atoms with Crippen LogP contribution in [-0.2, 0) is 4.74 Å². The van der Waals surface area contributed by atoms with Crippen molar-refractivity contribution in [2.45, 2.75) is 12.8 Å². The predicted molar refractivity (Wildman–Crippen MR) is 148 cm³/mol. The number of morpholine rings is 1. The minimum atomic E-state index is -0.577. The first kappa shape index (κ1) is 25.9. The minimum absolute atomic E-state index is 0.0247. The van der Waals surface area contributed by atoms with Gasteiger partial charge in [0, 0.05) is 50.5 Å². The number of anilines is 3. The highest BCUT2D eigenvalue weighted by molar-refractivity contribution is 6.09. The Balaban J connectivity index is 1.26. The summed E-state index contributed by atoms with van der Waals surface area (Å²) >= 11 is 0. The van der Waals surface area contributed by atoms with Crippen LogP contribution >= 0.6 is 0 Å². The molecule has 0 aromatic heterocycles. The molecule has 5 rings (SSSR count). The maximum absolute atomic E-state index is 13.9. The highest BCUT2D eigenvalue weighted by Crippen LogP contribution is 2.33. The molecule has 3 aromatic carbocycles. The fraction of sp³-hybridized carbons (Fsp3) is 0.333. The highest BCUT2D eigenvalue weighted by atomic mass is 19.1. The molecule has 2 heterocycles. The number of hydrogen-bond acceptors (Lipinski definition) is 5. The molecule has 0 radical (unpaired) electrons. The Kier molecular flexibility index (Phi) is 8.31. The van der Waals surface area contributed by atoms with Gasteiger partial charge in [-0.15, -0.1) is 0 Å². The predicted octanol–water partition coefficient (Wildman–Crippen LogP) is 4.66. The van der Waals surface area contributed by atoms with E-state index >= 15 is 0 Å². The van der Waals surface area contributed by atoms with E-state index in [4.69, 9.17) is 4.74 Å². The zero-order valence-electron chi connectivity index (χ0n) is 21.4. The van der Waals surface area contributed by atoms with Crippen molar-refractivity contribution in [3.05, 3.63) is 89.7 Å². The first-order valence-electron chi connectivity index (χ1n) is 13.2. The second kappa shape index (κ2) is 12.2. The number of ether oxygens (including phenoxy) is 1. The van der Waals surface area contributed by atoms with Crippen molar-refractivity contribution in [3.63, 3.8) is 0 Å². The third-order valence-electron chi connectivity index (χ3n) is 7.08. The highest BCUT2D eigenvalue weighted by Gasteiger charge is 2.25. The molecule has 7 nitrogen and oxygen atoms in total. The Morgan fingerprint density at radius 3 is 2.29 bits per heavy atom. The fourth-order valence-corrected chi connectivity index (χ4v) is 5.07. The van der Waals surface area contributed by atoms with Crippen LogP contribution in [-0.4, -0.2) is 69.2 Å². The molecule has 0 saturated carbocycles. The maximum Gasteiger partial charge on any atom is 0.258 e. The molecule has 1 saturated heterocycles. The van der Waals surface area contributed by atoms with Gasteiger partial charge < -0.3 is 19.9 Å². The number of hydrogen-bond donors (Lipinski definition) is 1. The largest absolute Gasteiger partial charge is 0.379 e. The molecule has 2 aliphatic heterocycles. The van der Waals surface area contributed by atoms with Gasteiger partial charge in [-0.05, 0) is 61.4 Å². The van der Waals surface area contributed by atoms with Gasteiger partial charge in [0.05, 0.1) is 30.2 Å². The lowest BCUT2D eigenvalue weighted by atomic mass is 10.1. The number of para-hydroxylation sites is 2. The minimum Gasteiger partial charge on any atom is -0.379 e. The molecule has 2 aliphatic rings. The molecule has 0 spiro atoms. The summed E-state index contributed by atoms with van der Waals surface area (Å²) in [5, 5.41) is 2.70. The van der Waals surface area contributed by atoms with E-state index in [0.29, 0.717) is 17.8 Å². The zero-order chi connectivity index (χ0) is 26.3. The molecule has 38 heavy (non-hydrogen) atoms. The van der Waals surface area contributed by atoms with Gasteiger partial charge in [-0.1, -0.05) is 24.3 Å². The summed E-state index contributed by atoms with van der Waals surface area (Å²) in [5.41, 5.74) is 3.00. The molecule has 1 fully saturated rings. The Morgan fingerprint density at radius 2 is 1.53 bits per heavy atom. The van der Waals surface area contributed by atoms with Crippen molar-refractivity contribution in [1.82, 2.24) is 4.90 Å². The molecule has 0 bridgehead atoms. The van der Waals surface area contributed by atoms with Gasteiger partial charge in [0.2, 0.25) is 0 Å². The van der Waals surface area contributed by atoms with Gasteiger partial charge in [-0.3, -0.25) is 14.5 Å². The number of nitrogens with zero attached hydrogens (tertiary/aromatic N) is 3. The lowest BCUT2D eigenvalue weighted by Crippen LogP contribution is -2.38. The van der Waals surface area contributed by atoms with Crippen molar-refractivity contribution in [3.8, 4) is 0 Å². The van der Waals surface area contributed by atoms with Gasteiger partial charge >= 0.3 is 0 Å². The van der Waals surface area contributed by atoms with Crippen LogP contribution in [0.2, 0.25) is 0 Å². The SMILES string of the molecule is O=C(Nc1ccc(C(=O)N2CCCN(CCCN3CCOCC3)c3ccccc32)cc1)c1ccccc1F. The molecule has 1 N–H and O–H groups in total. The van der Waals surface area contributed by atoms with Crippen molar-refractivity contribution in [1.29, 1.82) is 0 Å². The second-order valence-corrected chi connectivity index (χ2v) is 9.60. The van der Waals surface area contributed by atoms with E-state index in [-0.39, 0.29) is 11.5 Å². The smallest absolute Gasteiger partial charge is 0.258 e. The number of carbonyl (C=O) groups excluding carboxylic acids is 2. The molecule has 0 aliphatic carbocycles. The topological polar surface area (TPSA) is 65.1 Å². The first-order chi connectivity index (χ1) is 18.6. The Hall–Kier alpha value is -3.75. The number of halogens is 1. The number of fused-ring (bicyclic) bond motifs is 1. The number of nitrogens with one attached hydrogen (secondary N) is 1. The van der Waals surface area contributed by atoms with E-state index in [1.807, 2.05) is 23.1 Å². The van der Waals surface area contributed by atoms with E-state index in [0.717, 1.165) is 70.2 Å². The standard InChI is InChI=1S/C30H33FN4O3/c31-26-8-2-1-7-25(26)29(36)32-24-13-11-23(12-14-24)30(37)35-18-6-17-34(27-9-3-4-10-28(27)35)16-5-15-33-19-21-38-22-20-33/h1-4,7-14H,5-6,15-22H2,(H,32,36). The Labute approximate surface area is 222 Å². The van der Waals surface area contributed by atoms with E-state index in [1.165, 1.54) is 18.2 Å². The third kappa shape index (κ3) is 6.03. The second-order valence-electron chi connectivity index (χ2n) is 9.60. The van der Waals surface area contributed by atoms with Crippen molar-refractivity contribution in [2.75, 3.05) is 67.6 Å². The van der Waals surface area contributed by atoms with Gasteiger partial charge in [0.15, 0.2) is 0 Å². The lowest BCUT2D eigenvalue weighted by molar-refractivity contribution is 0.0376. The molecule has 2 amide bonds. The van der Waals surface area contributed by atoms with E-state index in [9.17, 15) is 14.0 Å². The van der Waals surface area contributed by atoms with Crippen LogP contribution in [0.1, 0.15) is 33.6 Å². The summed E-state index contributed by atoms with van der Waals surface area (Å²) in [5.74, 6) is -1.19.